The molecule has 1 amide bonds. The summed E-state index contributed by atoms with van der Waals surface area (Å²) in [5, 5.41) is 7.34. The van der Waals surface area contributed by atoms with E-state index in [1.165, 1.54) is 22.9 Å². The van der Waals surface area contributed by atoms with Crippen molar-refractivity contribution in [3.8, 4) is 5.75 Å². The highest BCUT2D eigenvalue weighted by Crippen LogP contribution is 2.39. The number of carbonyl (C=O) groups is 1. The molecule has 0 aliphatic carbocycles. The maximum atomic E-state index is 13.2. The summed E-state index contributed by atoms with van der Waals surface area (Å²) < 4.78 is 33.3. The van der Waals surface area contributed by atoms with Gasteiger partial charge in [0.15, 0.2) is 11.7 Å². The molecule has 0 saturated carbocycles. The van der Waals surface area contributed by atoms with Crippen LogP contribution < -0.4 is 25.6 Å². The Bertz CT molecular complexity index is 1500. The van der Waals surface area contributed by atoms with Crippen LogP contribution in [0.5, 0.6) is 5.75 Å². The summed E-state index contributed by atoms with van der Waals surface area (Å²) >= 11 is 0. The van der Waals surface area contributed by atoms with Gasteiger partial charge in [-0.15, -0.1) is 5.10 Å². The Labute approximate surface area is 243 Å². The number of guanidine groups is 1. The Morgan fingerprint density at radius 3 is 2.55 bits per heavy atom. The van der Waals surface area contributed by atoms with Crippen LogP contribution in [-0.4, -0.2) is 98.7 Å². The van der Waals surface area contributed by atoms with Gasteiger partial charge < -0.3 is 30.5 Å². The van der Waals surface area contributed by atoms with E-state index in [2.05, 4.69) is 38.5 Å². The van der Waals surface area contributed by atoms with Gasteiger partial charge in [0.25, 0.3) is 6.43 Å². The van der Waals surface area contributed by atoms with Gasteiger partial charge in [-0.25, -0.2) is 18.5 Å². The number of pyridine rings is 1. The molecule has 0 fully saturated rings. The number of alkyl halides is 2. The highest BCUT2D eigenvalue weighted by atomic mass is 19.3. The van der Waals surface area contributed by atoms with E-state index in [0.717, 1.165) is 6.08 Å². The first-order chi connectivity index (χ1) is 19.9. The fourth-order valence-corrected chi connectivity index (χ4v) is 3.84. The molecule has 2 heterocycles. The number of aromatic nitrogens is 3. The lowest BCUT2D eigenvalue weighted by Gasteiger charge is -2.25. The second-order valence-electron chi connectivity index (χ2n) is 9.60. The van der Waals surface area contributed by atoms with E-state index in [1.54, 1.807) is 12.3 Å². The Morgan fingerprint density at radius 1 is 1.19 bits per heavy atom. The SMILES string of the molecule is C=CC(=O)Nc1cc(N=C(N)N=C(C=C)n2nc(N(C)C)c3ncccc32)c(OCC(F)F)cc1N(C)CCN(C)C. The fourth-order valence-electron chi connectivity index (χ4n) is 3.84. The van der Waals surface area contributed by atoms with E-state index in [-0.39, 0.29) is 23.2 Å². The lowest BCUT2D eigenvalue weighted by Crippen LogP contribution is -2.29. The number of carbonyl (C=O) groups excluding carboxylic acids is 1. The molecule has 0 radical (unpaired) electrons. The summed E-state index contributed by atoms with van der Waals surface area (Å²) in [5.41, 5.74) is 8.49. The summed E-state index contributed by atoms with van der Waals surface area (Å²) in [6.07, 6.45) is 1.50. The van der Waals surface area contributed by atoms with Crippen LogP contribution in [0.3, 0.4) is 0 Å². The Balaban J connectivity index is 2.14. The number of benzene rings is 1. The number of halogens is 2. The number of hydrogen-bond acceptors (Lipinski definition) is 8. The van der Waals surface area contributed by atoms with Gasteiger partial charge in [0.05, 0.1) is 16.9 Å². The average Bonchev–Trinajstić information content (AvgIpc) is 3.34. The predicted molar refractivity (Wildman–Crippen MR) is 165 cm³/mol. The minimum atomic E-state index is -2.73. The number of fused-ring (bicyclic) bond motifs is 1. The molecule has 0 aliphatic rings. The molecule has 3 rings (SSSR count). The van der Waals surface area contributed by atoms with Crippen molar-refractivity contribution >= 4 is 51.6 Å². The minimum Gasteiger partial charge on any atom is -0.485 e. The Morgan fingerprint density at radius 2 is 1.93 bits per heavy atom. The monoisotopic (exact) mass is 582 g/mol. The van der Waals surface area contributed by atoms with Crippen molar-refractivity contribution in [2.75, 3.05) is 70.1 Å². The number of amides is 1. The highest BCUT2D eigenvalue weighted by molar-refractivity contribution is 6.07. The molecule has 3 N–H and O–H groups in total. The molecule has 0 spiro atoms. The number of allylic oxidation sites excluding steroid dienone is 1. The number of anilines is 3. The van der Waals surface area contributed by atoms with Gasteiger partial charge in [-0.3, -0.25) is 9.78 Å². The van der Waals surface area contributed by atoms with Gasteiger partial charge in [-0.1, -0.05) is 13.2 Å². The van der Waals surface area contributed by atoms with Crippen LogP contribution in [0.1, 0.15) is 0 Å². The van der Waals surface area contributed by atoms with E-state index in [0.29, 0.717) is 41.3 Å². The molecule has 0 aliphatic heterocycles. The van der Waals surface area contributed by atoms with Gasteiger partial charge in [-0.05, 0) is 44.4 Å². The number of likely N-dealkylation sites (N-methyl/N-ethyl adjacent to an activating group) is 2. The molecule has 0 saturated heterocycles. The lowest BCUT2D eigenvalue weighted by atomic mass is 10.2. The normalized spacial score (nSPS) is 12.1. The van der Waals surface area contributed by atoms with Crippen LogP contribution in [0.2, 0.25) is 0 Å². The quantitative estimate of drug-likeness (QED) is 0.189. The van der Waals surface area contributed by atoms with E-state index in [1.807, 2.05) is 56.0 Å². The molecule has 2 aromatic heterocycles. The van der Waals surface area contributed by atoms with Crippen LogP contribution in [0.25, 0.3) is 11.0 Å². The number of nitrogens with two attached hydrogens (primary N) is 1. The minimum absolute atomic E-state index is 0.0283. The molecular weight excluding hydrogens is 546 g/mol. The molecule has 42 heavy (non-hydrogen) atoms. The molecule has 1 aromatic carbocycles. The van der Waals surface area contributed by atoms with E-state index < -0.39 is 18.9 Å². The second-order valence-corrected chi connectivity index (χ2v) is 9.60. The molecule has 0 unspecified atom stereocenters. The number of ether oxygens (including phenoxy) is 1. The Kier molecular flexibility index (Phi) is 10.7. The van der Waals surface area contributed by atoms with Crippen molar-refractivity contribution in [3.63, 3.8) is 0 Å². The zero-order valence-electron chi connectivity index (χ0n) is 24.4. The van der Waals surface area contributed by atoms with Gasteiger partial charge in [0.1, 0.15) is 23.6 Å². The lowest BCUT2D eigenvalue weighted by molar-refractivity contribution is -0.111. The molecule has 0 atom stereocenters. The summed E-state index contributed by atoms with van der Waals surface area (Å²) in [6, 6.07) is 6.60. The zero-order valence-corrected chi connectivity index (χ0v) is 24.4. The third-order valence-electron chi connectivity index (χ3n) is 5.89. The standard InChI is InChI=1S/C28H36F2N10O2/c1-8-24(40-20-11-10-12-32-26(20)27(36-40)38(5)6)35-28(31)34-19-15-18(33-25(41)9-2)21(39(7)14-13-37(3)4)16-22(19)42-17-23(29)30/h8-12,15-16,23H,1-2,13-14,17H2,3-7H3,(H2,31,34)(H,33,41). The average molecular weight is 583 g/mol. The highest BCUT2D eigenvalue weighted by Gasteiger charge is 2.19. The van der Waals surface area contributed by atoms with E-state index >= 15 is 0 Å². The van der Waals surface area contributed by atoms with E-state index in [9.17, 15) is 13.6 Å². The van der Waals surface area contributed by atoms with Crippen molar-refractivity contribution in [1.82, 2.24) is 19.7 Å². The number of nitrogens with one attached hydrogen (secondary N) is 1. The van der Waals surface area contributed by atoms with Crippen molar-refractivity contribution in [1.29, 1.82) is 0 Å². The molecule has 3 aromatic rings. The number of rotatable bonds is 12. The number of nitrogens with zero attached hydrogens (tertiary/aromatic N) is 8. The molecule has 14 heteroatoms. The van der Waals surface area contributed by atoms with E-state index in [4.69, 9.17) is 10.5 Å². The second kappa shape index (κ2) is 14.2. The Hall–Kier alpha value is -4.85. The fraction of sp³-hybridized carbons (Fsp3) is 0.321. The van der Waals surface area contributed by atoms with Gasteiger partial charge in [-0.2, -0.15) is 4.99 Å². The van der Waals surface area contributed by atoms with Crippen LogP contribution in [-0.2, 0) is 4.79 Å². The molecule has 0 bridgehead atoms. The zero-order chi connectivity index (χ0) is 31.0. The topological polar surface area (TPSA) is 130 Å². The first-order valence-corrected chi connectivity index (χ1v) is 12.9. The molecule has 12 nitrogen and oxygen atoms in total. The van der Waals surface area contributed by atoms with Crippen molar-refractivity contribution in [2.24, 2.45) is 15.7 Å². The van der Waals surface area contributed by atoms with Crippen LogP contribution in [0, 0.1) is 0 Å². The molecular formula is C28H36F2N10O2. The maximum Gasteiger partial charge on any atom is 0.272 e. The predicted octanol–water partition coefficient (Wildman–Crippen LogP) is 3.34. The van der Waals surface area contributed by atoms with Gasteiger partial charge in [0.2, 0.25) is 11.9 Å². The largest absolute Gasteiger partial charge is 0.485 e. The number of aliphatic imine (C=N–C) groups is 2. The van der Waals surface area contributed by atoms with Crippen molar-refractivity contribution in [2.45, 2.75) is 6.43 Å². The van der Waals surface area contributed by atoms with Crippen LogP contribution >= 0.6 is 0 Å². The summed E-state index contributed by atoms with van der Waals surface area (Å²) in [4.78, 5) is 31.1. The van der Waals surface area contributed by atoms with Gasteiger partial charge >= 0.3 is 0 Å². The van der Waals surface area contributed by atoms with Crippen molar-refractivity contribution < 1.29 is 18.3 Å². The first-order valence-electron chi connectivity index (χ1n) is 12.9. The summed E-state index contributed by atoms with van der Waals surface area (Å²) in [7, 11) is 9.34. The van der Waals surface area contributed by atoms with Crippen LogP contribution in [0.4, 0.5) is 31.7 Å². The van der Waals surface area contributed by atoms with Crippen LogP contribution in [0.15, 0.2) is 65.8 Å². The summed E-state index contributed by atoms with van der Waals surface area (Å²) in [6.45, 7) is 7.72. The molecule has 224 valence electrons. The summed E-state index contributed by atoms with van der Waals surface area (Å²) in [5.74, 6) is 0.178. The smallest absolute Gasteiger partial charge is 0.272 e. The van der Waals surface area contributed by atoms with Crippen molar-refractivity contribution in [3.05, 3.63) is 55.8 Å². The number of hydrogen-bond donors (Lipinski definition) is 2. The third-order valence-corrected chi connectivity index (χ3v) is 5.89. The van der Waals surface area contributed by atoms with Gasteiger partial charge in [0, 0.05) is 46.5 Å². The third kappa shape index (κ3) is 7.87. The maximum absolute atomic E-state index is 13.2. The first kappa shape index (κ1) is 31.7.